The first-order valence-electron chi connectivity index (χ1n) is 8.00. The van der Waals surface area contributed by atoms with E-state index in [1.54, 1.807) is 0 Å². The van der Waals surface area contributed by atoms with Crippen molar-refractivity contribution in [2.45, 2.75) is 12.6 Å². The highest BCUT2D eigenvalue weighted by Crippen LogP contribution is 2.36. The molecule has 4 rings (SSSR count). The number of halogens is 1. The first kappa shape index (κ1) is 15.2. The molecule has 0 amide bonds. The van der Waals surface area contributed by atoms with Gasteiger partial charge >= 0.3 is 0 Å². The molecule has 0 fully saturated rings. The van der Waals surface area contributed by atoms with E-state index in [1.807, 2.05) is 49.6 Å². The Hall–Kier alpha value is -2.34. The molecule has 0 spiro atoms. The predicted molar refractivity (Wildman–Crippen MR) is 96.9 cm³/mol. The second-order valence-corrected chi connectivity index (χ2v) is 6.64. The van der Waals surface area contributed by atoms with Gasteiger partial charge in [-0.25, -0.2) is 9.97 Å². The van der Waals surface area contributed by atoms with E-state index in [0.717, 1.165) is 42.2 Å². The van der Waals surface area contributed by atoms with Crippen LogP contribution < -0.4 is 10.2 Å². The maximum atomic E-state index is 6.18. The van der Waals surface area contributed by atoms with Gasteiger partial charge < -0.3 is 15.1 Å². The lowest BCUT2D eigenvalue weighted by Crippen LogP contribution is -2.46. The maximum Gasteiger partial charge on any atom is 0.224 e. The highest BCUT2D eigenvalue weighted by molar-refractivity contribution is 6.31. The molecule has 1 aromatic carbocycles. The second-order valence-electron chi connectivity index (χ2n) is 6.20. The topological polar surface area (TPSA) is 56.7 Å². The molecule has 24 heavy (non-hydrogen) atoms. The minimum atomic E-state index is -0.0359. The molecular weight excluding hydrogens is 324 g/mol. The van der Waals surface area contributed by atoms with Crippen molar-refractivity contribution >= 4 is 29.1 Å². The van der Waals surface area contributed by atoms with Crippen molar-refractivity contribution in [3.63, 3.8) is 0 Å². The van der Waals surface area contributed by atoms with E-state index in [9.17, 15) is 0 Å². The van der Waals surface area contributed by atoms with E-state index in [2.05, 4.69) is 20.2 Å². The van der Waals surface area contributed by atoms with Gasteiger partial charge in [0.25, 0.3) is 0 Å². The Balaban J connectivity index is 1.76. The SMILES string of the molecule is CN(C)c1ncc([C@H]2Nc3cc(Cl)ccc3C3=NCCCN32)cn1. The molecule has 7 heteroatoms. The van der Waals surface area contributed by atoms with Crippen LogP contribution in [-0.4, -0.2) is 47.9 Å². The molecule has 2 aromatic rings. The highest BCUT2D eigenvalue weighted by Gasteiger charge is 2.33. The van der Waals surface area contributed by atoms with Crippen LogP contribution in [0.15, 0.2) is 35.6 Å². The van der Waals surface area contributed by atoms with Gasteiger partial charge in [-0.15, -0.1) is 0 Å². The number of nitrogens with one attached hydrogen (secondary N) is 1. The van der Waals surface area contributed by atoms with E-state index in [-0.39, 0.29) is 6.17 Å². The van der Waals surface area contributed by atoms with Gasteiger partial charge in [0, 0.05) is 61.4 Å². The largest absolute Gasteiger partial charge is 0.361 e. The zero-order valence-electron chi connectivity index (χ0n) is 13.7. The van der Waals surface area contributed by atoms with Crippen molar-refractivity contribution in [1.29, 1.82) is 0 Å². The Labute approximate surface area is 146 Å². The molecule has 1 N–H and O–H groups in total. The minimum absolute atomic E-state index is 0.0359. The normalized spacial score (nSPS) is 19.0. The van der Waals surface area contributed by atoms with Crippen LogP contribution in [0.1, 0.15) is 23.7 Å². The summed E-state index contributed by atoms with van der Waals surface area (Å²) in [4.78, 5) is 17.8. The summed E-state index contributed by atoms with van der Waals surface area (Å²) in [6, 6.07) is 5.89. The Morgan fingerprint density at radius 2 is 2.04 bits per heavy atom. The number of amidine groups is 1. The summed E-state index contributed by atoms with van der Waals surface area (Å²) in [6.07, 6.45) is 4.76. The quantitative estimate of drug-likeness (QED) is 0.909. The number of anilines is 2. The molecule has 2 aliphatic heterocycles. The summed E-state index contributed by atoms with van der Waals surface area (Å²) in [7, 11) is 3.86. The number of rotatable bonds is 2. The molecule has 0 unspecified atom stereocenters. The fourth-order valence-electron chi connectivity index (χ4n) is 3.14. The number of fused-ring (bicyclic) bond motifs is 3. The van der Waals surface area contributed by atoms with E-state index in [4.69, 9.17) is 16.6 Å². The van der Waals surface area contributed by atoms with E-state index in [1.165, 1.54) is 0 Å². The average molecular weight is 343 g/mol. The van der Waals surface area contributed by atoms with Crippen LogP contribution in [0.3, 0.4) is 0 Å². The van der Waals surface area contributed by atoms with Gasteiger partial charge in [-0.1, -0.05) is 11.6 Å². The fraction of sp³-hybridized carbons (Fsp3) is 0.353. The van der Waals surface area contributed by atoms with Gasteiger partial charge in [0.1, 0.15) is 12.0 Å². The lowest BCUT2D eigenvalue weighted by Gasteiger charge is -2.42. The van der Waals surface area contributed by atoms with E-state index >= 15 is 0 Å². The number of aromatic nitrogens is 2. The van der Waals surface area contributed by atoms with Gasteiger partial charge in [0.05, 0.1) is 0 Å². The van der Waals surface area contributed by atoms with Crippen molar-refractivity contribution in [3.8, 4) is 0 Å². The van der Waals surface area contributed by atoms with Crippen LogP contribution in [0.4, 0.5) is 11.6 Å². The maximum absolute atomic E-state index is 6.18. The lowest BCUT2D eigenvalue weighted by atomic mass is 10.0. The van der Waals surface area contributed by atoms with E-state index in [0.29, 0.717) is 11.0 Å². The Morgan fingerprint density at radius 1 is 1.25 bits per heavy atom. The summed E-state index contributed by atoms with van der Waals surface area (Å²) in [5.74, 6) is 1.72. The molecule has 0 saturated heterocycles. The summed E-state index contributed by atoms with van der Waals surface area (Å²) in [6.45, 7) is 1.81. The third-order valence-electron chi connectivity index (χ3n) is 4.29. The monoisotopic (exact) mass is 342 g/mol. The van der Waals surface area contributed by atoms with Crippen molar-refractivity contribution in [1.82, 2.24) is 14.9 Å². The van der Waals surface area contributed by atoms with Crippen molar-refractivity contribution < 1.29 is 0 Å². The third-order valence-corrected chi connectivity index (χ3v) is 4.53. The van der Waals surface area contributed by atoms with Crippen LogP contribution >= 0.6 is 11.6 Å². The molecule has 0 saturated carbocycles. The van der Waals surface area contributed by atoms with Gasteiger partial charge in [0.15, 0.2) is 0 Å². The van der Waals surface area contributed by atoms with Crippen molar-refractivity contribution in [2.75, 3.05) is 37.4 Å². The Bertz CT molecular complexity index is 786. The molecule has 1 aromatic heterocycles. The Morgan fingerprint density at radius 3 is 2.79 bits per heavy atom. The van der Waals surface area contributed by atoms with Gasteiger partial charge in [0.2, 0.25) is 5.95 Å². The zero-order chi connectivity index (χ0) is 16.7. The van der Waals surface area contributed by atoms with Crippen LogP contribution in [0.5, 0.6) is 0 Å². The number of aliphatic imine (C=N–C) groups is 1. The number of hydrogen-bond donors (Lipinski definition) is 1. The molecule has 3 heterocycles. The average Bonchev–Trinajstić information content (AvgIpc) is 2.61. The number of hydrogen-bond acceptors (Lipinski definition) is 6. The first-order valence-corrected chi connectivity index (χ1v) is 8.38. The molecule has 1 atom stereocenters. The van der Waals surface area contributed by atoms with Crippen molar-refractivity contribution in [2.24, 2.45) is 4.99 Å². The number of benzene rings is 1. The van der Waals surface area contributed by atoms with Crippen LogP contribution in [0, 0.1) is 0 Å². The van der Waals surface area contributed by atoms with Crippen LogP contribution in [-0.2, 0) is 0 Å². The zero-order valence-corrected chi connectivity index (χ0v) is 14.5. The van der Waals surface area contributed by atoms with Crippen LogP contribution in [0.25, 0.3) is 0 Å². The first-order chi connectivity index (χ1) is 11.6. The molecule has 124 valence electrons. The van der Waals surface area contributed by atoms with Gasteiger partial charge in [-0.05, 0) is 24.6 Å². The second kappa shape index (κ2) is 5.94. The summed E-state index contributed by atoms with van der Waals surface area (Å²) < 4.78 is 0. The summed E-state index contributed by atoms with van der Waals surface area (Å²) in [5.41, 5.74) is 3.11. The highest BCUT2D eigenvalue weighted by atomic mass is 35.5. The smallest absolute Gasteiger partial charge is 0.224 e. The molecule has 2 aliphatic rings. The standard InChI is InChI=1S/C17H19ClN6/c1-23(2)17-20-9-11(10-21-17)15-22-14-8-12(18)4-5-13(14)16-19-6-3-7-24(15)16/h4-5,8-10,15,22H,3,6-7H2,1-2H3/t15-/m0/s1. The Kier molecular flexibility index (Phi) is 3.76. The summed E-state index contributed by atoms with van der Waals surface area (Å²) >= 11 is 6.18. The summed E-state index contributed by atoms with van der Waals surface area (Å²) in [5, 5.41) is 4.28. The molecule has 0 aliphatic carbocycles. The lowest BCUT2D eigenvalue weighted by molar-refractivity contribution is 0.321. The molecular formula is C17H19ClN6. The van der Waals surface area contributed by atoms with Gasteiger partial charge in [-0.3, -0.25) is 4.99 Å². The van der Waals surface area contributed by atoms with Gasteiger partial charge in [-0.2, -0.15) is 0 Å². The predicted octanol–water partition coefficient (Wildman–Crippen LogP) is 2.77. The fourth-order valence-corrected chi connectivity index (χ4v) is 3.31. The van der Waals surface area contributed by atoms with Crippen LogP contribution in [0.2, 0.25) is 5.02 Å². The minimum Gasteiger partial charge on any atom is -0.361 e. The number of nitrogens with zero attached hydrogens (tertiary/aromatic N) is 5. The van der Waals surface area contributed by atoms with Crippen molar-refractivity contribution in [3.05, 3.63) is 46.7 Å². The molecule has 0 radical (unpaired) electrons. The molecule has 6 nitrogen and oxygen atoms in total. The molecule has 0 bridgehead atoms. The third kappa shape index (κ3) is 2.57. The van der Waals surface area contributed by atoms with E-state index < -0.39 is 0 Å².